The third-order valence-electron chi connectivity index (χ3n) is 3.35. The Morgan fingerprint density at radius 2 is 2.04 bits per heavy atom. The lowest BCUT2D eigenvalue weighted by molar-refractivity contribution is 0.104. The third-order valence-corrected chi connectivity index (χ3v) is 3.35. The highest BCUT2D eigenvalue weighted by atomic mass is 16.5. The molecule has 0 aliphatic rings. The fraction of sp³-hybridized carbons (Fsp3) is 0.200. The summed E-state index contributed by atoms with van der Waals surface area (Å²) in [6.07, 6.45) is 4.12. The highest BCUT2D eigenvalue weighted by molar-refractivity contribution is 6.07. The Kier molecular flexibility index (Phi) is 6.16. The van der Waals surface area contributed by atoms with Gasteiger partial charge >= 0.3 is 0 Å². The molecule has 0 aliphatic heterocycles. The number of carbonyl (C=O) groups is 1. The van der Waals surface area contributed by atoms with Crippen LogP contribution in [-0.4, -0.2) is 19.5 Å². The SMILES string of the molecule is CCCOc1ccc(/C=C/C(=O)c2cccc(C#N)c2)cc1OC. The van der Waals surface area contributed by atoms with Crippen molar-refractivity contribution in [3.8, 4) is 17.6 Å². The molecule has 2 aromatic carbocycles. The Morgan fingerprint density at radius 3 is 2.75 bits per heavy atom. The van der Waals surface area contributed by atoms with E-state index in [4.69, 9.17) is 14.7 Å². The molecule has 0 N–H and O–H groups in total. The number of ketones is 1. The molecule has 0 aromatic heterocycles. The minimum atomic E-state index is -0.155. The highest BCUT2D eigenvalue weighted by Gasteiger charge is 2.06. The fourth-order valence-electron chi connectivity index (χ4n) is 2.13. The first-order valence-electron chi connectivity index (χ1n) is 7.71. The van der Waals surface area contributed by atoms with Gasteiger partial charge in [0.15, 0.2) is 17.3 Å². The van der Waals surface area contributed by atoms with Crippen molar-refractivity contribution < 1.29 is 14.3 Å². The Balaban J connectivity index is 2.16. The number of ether oxygens (including phenoxy) is 2. The van der Waals surface area contributed by atoms with Crippen molar-refractivity contribution in [1.29, 1.82) is 5.26 Å². The Bertz CT molecular complexity index is 788. The zero-order chi connectivity index (χ0) is 17.4. The largest absolute Gasteiger partial charge is 0.493 e. The average molecular weight is 321 g/mol. The van der Waals surface area contributed by atoms with Gasteiger partial charge in [-0.2, -0.15) is 5.26 Å². The second kappa shape index (κ2) is 8.54. The summed E-state index contributed by atoms with van der Waals surface area (Å²) in [4.78, 5) is 12.2. The number of allylic oxidation sites excluding steroid dienone is 1. The van der Waals surface area contributed by atoms with Crippen molar-refractivity contribution in [1.82, 2.24) is 0 Å². The molecule has 0 fully saturated rings. The van der Waals surface area contributed by atoms with Crippen molar-refractivity contribution in [3.63, 3.8) is 0 Å². The molecular formula is C20H19NO3. The van der Waals surface area contributed by atoms with E-state index in [0.717, 1.165) is 12.0 Å². The number of hydrogen-bond acceptors (Lipinski definition) is 4. The van der Waals surface area contributed by atoms with Crippen LogP contribution in [0.5, 0.6) is 11.5 Å². The maximum atomic E-state index is 12.2. The molecule has 4 heteroatoms. The van der Waals surface area contributed by atoms with Crippen LogP contribution in [-0.2, 0) is 0 Å². The summed E-state index contributed by atoms with van der Waals surface area (Å²) in [5, 5.41) is 8.89. The van der Waals surface area contributed by atoms with Gasteiger partial charge in [-0.25, -0.2) is 0 Å². The molecule has 0 atom stereocenters. The van der Waals surface area contributed by atoms with Crippen LogP contribution in [0.25, 0.3) is 6.08 Å². The van der Waals surface area contributed by atoms with Gasteiger partial charge in [-0.15, -0.1) is 0 Å². The molecule has 0 saturated carbocycles. The van der Waals surface area contributed by atoms with Crippen LogP contribution in [0.15, 0.2) is 48.5 Å². The first-order valence-corrected chi connectivity index (χ1v) is 7.71. The lowest BCUT2D eigenvalue weighted by Crippen LogP contribution is -1.98. The predicted octanol–water partition coefficient (Wildman–Crippen LogP) is 4.25. The van der Waals surface area contributed by atoms with Crippen LogP contribution >= 0.6 is 0 Å². The van der Waals surface area contributed by atoms with Crippen LogP contribution < -0.4 is 9.47 Å². The molecule has 24 heavy (non-hydrogen) atoms. The monoisotopic (exact) mass is 321 g/mol. The molecule has 0 radical (unpaired) electrons. The number of benzene rings is 2. The quantitative estimate of drug-likeness (QED) is 0.565. The van der Waals surface area contributed by atoms with Gasteiger partial charge in [0, 0.05) is 5.56 Å². The maximum Gasteiger partial charge on any atom is 0.185 e. The van der Waals surface area contributed by atoms with Gasteiger partial charge in [-0.3, -0.25) is 4.79 Å². The van der Waals surface area contributed by atoms with Gasteiger partial charge in [0.2, 0.25) is 0 Å². The number of hydrogen-bond donors (Lipinski definition) is 0. The van der Waals surface area contributed by atoms with Crippen LogP contribution in [0.2, 0.25) is 0 Å². The van der Waals surface area contributed by atoms with E-state index in [1.165, 1.54) is 6.08 Å². The number of nitrogens with zero attached hydrogens (tertiary/aromatic N) is 1. The fourth-order valence-corrected chi connectivity index (χ4v) is 2.13. The molecule has 0 saturated heterocycles. The maximum absolute atomic E-state index is 12.2. The second-order valence-corrected chi connectivity index (χ2v) is 5.15. The molecule has 0 amide bonds. The Hall–Kier alpha value is -3.06. The van der Waals surface area contributed by atoms with E-state index in [-0.39, 0.29) is 5.78 Å². The first-order chi connectivity index (χ1) is 11.7. The molecule has 0 spiro atoms. The van der Waals surface area contributed by atoms with E-state index >= 15 is 0 Å². The second-order valence-electron chi connectivity index (χ2n) is 5.15. The van der Waals surface area contributed by atoms with Gasteiger partial charge in [-0.05, 0) is 42.3 Å². The average Bonchev–Trinajstić information content (AvgIpc) is 2.64. The van der Waals surface area contributed by atoms with Crippen molar-refractivity contribution in [2.24, 2.45) is 0 Å². The highest BCUT2D eigenvalue weighted by Crippen LogP contribution is 2.28. The Morgan fingerprint density at radius 1 is 1.21 bits per heavy atom. The third kappa shape index (κ3) is 4.47. The normalized spacial score (nSPS) is 10.4. The predicted molar refractivity (Wildman–Crippen MR) is 93.3 cm³/mol. The summed E-state index contributed by atoms with van der Waals surface area (Å²) in [6, 6.07) is 14.2. The molecular weight excluding hydrogens is 302 g/mol. The van der Waals surface area contributed by atoms with E-state index in [1.807, 2.05) is 31.2 Å². The van der Waals surface area contributed by atoms with Crippen molar-refractivity contribution in [3.05, 3.63) is 65.2 Å². The van der Waals surface area contributed by atoms with Crippen LogP contribution in [0, 0.1) is 11.3 Å². The molecule has 0 unspecified atom stereocenters. The summed E-state index contributed by atoms with van der Waals surface area (Å²) >= 11 is 0. The number of carbonyl (C=O) groups excluding carboxylic acids is 1. The number of nitriles is 1. The van der Waals surface area contributed by atoms with Crippen molar-refractivity contribution in [2.45, 2.75) is 13.3 Å². The minimum Gasteiger partial charge on any atom is -0.493 e. The summed E-state index contributed by atoms with van der Waals surface area (Å²) < 4.78 is 10.9. The van der Waals surface area contributed by atoms with Crippen LogP contribution in [0.1, 0.15) is 34.8 Å². The number of methoxy groups -OCH3 is 1. The topological polar surface area (TPSA) is 59.3 Å². The van der Waals surface area contributed by atoms with Gasteiger partial charge in [0.1, 0.15) is 0 Å². The molecule has 0 heterocycles. The summed E-state index contributed by atoms with van der Waals surface area (Å²) in [6.45, 7) is 2.66. The molecule has 2 aromatic rings. The molecule has 0 bridgehead atoms. The van der Waals surface area contributed by atoms with E-state index in [9.17, 15) is 4.79 Å². The molecule has 4 nitrogen and oxygen atoms in total. The molecule has 122 valence electrons. The van der Waals surface area contributed by atoms with Gasteiger partial charge in [0.25, 0.3) is 0 Å². The first kappa shape index (κ1) is 17.3. The summed E-state index contributed by atoms with van der Waals surface area (Å²) in [7, 11) is 1.58. The zero-order valence-electron chi connectivity index (χ0n) is 13.8. The summed E-state index contributed by atoms with van der Waals surface area (Å²) in [5.41, 5.74) is 1.79. The van der Waals surface area contributed by atoms with Gasteiger partial charge < -0.3 is 9.47 Å². The lowest BCUT2D eigenvalue weighted by atomic mass is 10.1. The van der Waals surface area contributed by atoms with Crippen molar-refractivity contribution >= 4 is 11.9 Å². The molecule has 2 rings (SSSR count). The van der Waals surface area contributed by atoms with Gasteiger partial charge in [-0.1, -0.05) is 31.2 Å². The minimum absolute atomic E-state index is 0.155. The van der Waals surface area contributed by atoms with Crippen LogP contribution in [0.4, 0.5) is 0 Å². The van der Waals surface area contributed by atoms with Crippen LogP contribution in [0.3, 0.4) is 0 Å². The summed E-state index contributed by atoms with van der Waals surface area (Å²) in [5.74, 6) is 1.16. The van der Waals surface area contributed by atoms with Crippen molar-refractivity contribution in [2.75, 3.05) is 13.7 Å². The Labute approximate surface area is 141 Å². The standard InChI is InChI=1S/C20H19NO3/c1-3-11-24-19-10-8-15(13-20(19)23-2)7-9-18(22)17-6-4-5-16(12-17)14-21/h4-10,12-13H,3,11H2,1-2H3/b9-7+. The lowest BCUT2D eigenvalue weighted by Gasteiger charge is -2.10. The van der Waals surface area contributed by atoms with E-state index in [2.05, 4.69) is 0 Å². The zero-order valence-corrected chi connectivity index (χ0v) is 13.8. The number of rotatable bonds is 7. The van der Waals surface area contributed by atoms with E-state index < -0.39 is 0 Å². The smallest absolute Gasteiger partial charge is 0.185 e. The molecule has 0 aliphatic carbocycles. The van der Waals surface area contributed by atoms with E-state index in [1.54, 1.807) is 37.5 Å². The van der Waals surface area contributed by atoms with Gasteiger partial charge in [0.05, 0.1) is 25.3 Å². The van der Waals surface area contributed by atoms with E-state index in [0.29, 0.717) is 29.2 Å².